The second-order valence-corrected chi connectivity index (χ2v) is 6.55. The number of rotatable bonds is 5. The van der Waals surface area contributed by atoms with E-state index in [-0.39, 0.29) is 12.4 Å². The first-order valence-corrected chi connectivity index (χ1v) is 8.99. The van der Waals surface area contributed by atoms with Crippen molar-refractivity contribution in [3.8, 4) is 0 Å². The van der Waals surface area contributed by atoms with E-state index in [9.17, 15) is 14.4 Å². The van der Waals surface area contributed by atoms with Gasteiger partial charge in [0.15, 0.2) is 5.78 Å². The van der Waals surface area contributed by atoms with Gasteiger partial charge in [-0.15, -0.1) is 0 Å². The molecule has 0 spiro atoms. The van der Waals surface area contributed by atoms with E-state index in [1.54, 1.807) is 6.92 Å². The molecule has 2 aromatic carbocycles. The van der Waals surface area contributed by atoms with Gasteiger partial charge in [0.25, 0.3) is 0 Å². The fourth-order valence-corrected chi connectivity index (χ4v) is 3.22. The van der Waals surface area contributed by atoms with Crippen molar-refractivity contribution in [3.63, 3.8) is 0 Å². The molecule has 4 heteroatoms. The van der Waals surface area contributed by atoms with Gasteiger partial charge in [-0.2, -0.15) is 0 Å². The summed E-state index contributed by atoms with van der Waals surface area (Å²) in [6, 6.07) is 14.5. The van der Waals surface area contributed by atoms with Gasteiger partial charge in [-0.1, -0.05) is 36.4 Å². The summed E-state index contributed by atoms with van der Waals surface area (Å²) in [6.07, 6.45) is 2.82. The highest BCUT2D eigenvalue weighted by Crippen LogP contribution is 2.20. The summed E-state index contributed by atoms with van der Waals surface area (Å²) in [7, 11) is 0. The zero-order valence-electron chi connectivity index (χ0n) is 14.9. The molecule has 0 amide bonds. The van der Waals surface area contributed by atoms with Crippen LogP contribution in [-0.4, -0.2) is 24.1 Å². The lowest BCUT2D eigenvalue weighted by Gasteiger charge is -2.13. The molecular weight excluding hydrogens is 328 g/mol. The van der Waals surface area contributed by atoms with Crippen LogP contribution in [0.5, 0.6) is 0 Å². The highest BCUT2D eigenvalue weighted by Gasteiger charge is 2.22. The van der Waals surface area contributed by atoms with Gasteiger partial charge >= 0.3 is 5.97 Å². The van der Waals surface area contributed by atoms with Crippen LogP contribution in [0.2, 0.25) is 0 Å². The number of ketones is 2. The van der Waals surface area contributed by atoms with E-state index in [0.29, 0.717) is 12.0 Å². The van der Waals surface area contributed by atoms with Gasteiger partial charge in [-0.25, -0.2) is 4.79 Å². The monoisotopic (exact) mass is 350 g/mol. The maximum atomic E-state index is 12.7. The average molecular weight is 350 g/mol. The van der Waals surface area contributed by atoms with Gasteiger partial charge in [-0.3, -0.25) is 9.59 Å². The molecule has 4 aliphatic carbocycles. The molecule has 0 aromatic heterocycles. The Morgan fingerprint density at radius 1 is 0.846 bits per heavy atom. The summed E-state index contributed by atoms with van der Waals surface area (Å²) in [5.41, 5.74) is 5.02. The largest absolute Gasteiger partial charge is 0.460 e. The predicted octanol–water partition coefficient (Wildman–Crippen LogP) is 3.28. The van der Waals surface area contributed by atoms with Crippen LogP contribution in [0.1, 0.15) is 46.0 Å². The minimum Gasteiger partial charge on any atom is -0.460 e. The Kier molecular flexibility index (Phi) is 5.61. The highest BCUT2D eigenvalue weighted by molar-refractivity contribution is 6.38. The third-order valence-corrected chi connectivity index (χ3v) is 4.71. The molecule has 0 fully saturated rings. The first kappa shape index (κ1) is 18.1. The minimum atomic E-state index is -0.938. The van der Waals surface area contributed by atoms with Crippen molar-refractivity contribution >= 4 is 17.5 Å². The van der Waals surface area contributed by atoms with Gasteiger partial charge in [0.05, 0.1) is 13.0 Å². The lowest BCUT2D eigenvalue weighted by Crippen LogP contribution is -2.21. The Bertz CT molecular complexity index is 834. The number of aryl methyl sites for hydroxylation is 4. The van der Waals surface area contributed by atoms with E-state index < -0.39 is 18.2 Å². The Labute approximate surface area is 153 Å². The summed E-state index contributed by atoms with van der Waals surface area (Å²) in [5, 5.41) is 0. The first-order valence-electron chi connectivity index (χ1n) is 8.99. The fraction of sp³-hybridized carbons (Fsp3) is 0.318. The Morgan fingerprint density at radius 3 is 2.08 bits per heavy atom. The smallest absolute Gasteiger partial charge is 0.375 e. The molecule has 2 aromatic rings. The lowest BCUT2D eigenvalue weighted by molar-refractivity contribution is -0.153. The van der Waals surface area contributed by atoms with Gasteiger partial charge in [0, 0.05) is 5.56 Å². The van der Waals surface area contributed by atoms with Gasteiger partial charge in [0.2, 0.25) is 5.78 Å². The summed E-state index contributed by atoms with van der Waals surface area (Å²) in [6.45, 7) is 1.75. The van der Waals surface area contributed by atoms with E-state index in [2.05, 4.69) is 24.3 Å². The Balaban J connectivity index is 1.84. The molecule has 0 saturated heterocycles. The topological polar surface area (TPSA) is 60.4 Å². The number of carbonyl (C=O) groups excluding carboxylic acids is 3. The number of hydrogen-bond acceptors (Lipinski definition) is 4. The van der Waals surface area contributed by atoms with Crippen LogP contribution in [0.4, 0.5) is 0 Å². The first-order chi connectivity index (χ1) is 12.6. The maximum Gasteiger partial charge on any atom is 0.375 e. The van der Waals surface area contributed by atoms with Crippen LogP contribution >= 0.6 is 0 Å². The Hall–Kier alpha value is -2.75. The van der Waals surface area contributed by atoms with Crippen LogP contribution in [0.15, 0.2) is 42.5 Å². The molecule has 0 saturated carbocycles. The molecule has 6 rings (SSSR count). The normalized spacial score (nSPS) is 13.0. The van der Waals surface area contributed by atoms with Crippen molar-refractivity contribution in [2.45, 2.75) is 39.0 Å². The molecule has 0 heterocycles. The molecule has 0 atom stereocenters. The van der Waals surface area contributed by atoms with Gasteiger partial charge in [0.1, 0.15) is 0 Å². The van der Waals surface area contributed by atoms with Crippen molar-refractivity contribution < 1.29 is 19.1 Å². The fourth-order valence-electron chi connectivity index (χ4n) is 3.22. The van der Waals surface area contributed by atoms with E-state index in [0.717, 1.165) is 30.4 Å². The van der Waals surface area contributed by atoms with E-state index >= 15 is 0 Å². The molecule has 0 N–H and O–H groups in total. The Morgan fingerprint density at radius 2 is 1.42 bits per heavy atom. The zero-order chi connectivity index (χ0) is 18.5. The van der Waals surface area contributed by atoms with Gasteiger partial charge < -0.3 is 4.74 Å². The SMILES string of the molecule is CCOC(=O)C(=O)CC(=O)c1cc2ccc1CCc1ccc(cc1)CC2. The molecule has 0 radical (unpaired) electrons. The second kappa shape index (κ2) is 8.09. The quantitative estimate of drug-likeness (QED) is 0.359. The van der Waals surface area contributed by atoms with E-state index in [1.165, 1.54) is 11.1 Å². The number of hydrogen-bond donors (Lipinski definition) is 0. The summed E-state index contributed by atoms with van der Waals surface area (Å²) in [4.78, 5) is 36.1. The second-order valence-electron chi connectivity index (χ2n) is 6.55. The van der Waals surface area contributed by atoms with Crippen molar-refractivity contribution in [2.75, 3.05) is 6.61 Å². The number of benzene rings is 2. The van der Waals surface area contributed by atoms with Crippen molar-refractivity contribution in [3.05, 3.63) is 70.3 Å². The number of carbonyl (C=O) groups is 3. The summed E-state index contributed by atoms with van der Waals surface area (Å²) in [5.74, 6) is -2.04. The van der Waals surface area contributed by atoms with Crippen molar-refractivity contribution in [2.24, 2.45) is 0 Å². The molecule has 134 valence electrons. The number of Topliss-reactive ketones (excluding diaryl/α,β-unsaturated/α-hetero) is 2. The van der Waals surface area contributed by atoms with Crippen molar-refractivity contribution in [1.82, 2.24) is 0 Å². The van der Waals surface area contributed by atoms with Crippen LogP contribution in [0, 0.1) is 0 Å². The standard InChI is InChI=1S/C22H22O4/c1-2-26-22(25)21(24)14-20(23)19-13-17-8-7-15-3-5-16(6-4-15)9-11-18(19)12-10-17/h3-6,10,12-13H,2,7-9,11,14H2,1H3. The zero-order valence-corrected chi connectivity index (χ0v) is 14.9. The summed E-state index contributed by atoms with van der Waals surface area (Å²) >= 11 is 0. The van der Waals surface area contributed by atoms with Crippen LogP contribution in [0.3, 0.4) is 0 Å². The average Bonchev–Trinajstić information content (AvgIpc) is 2.64. The lowest BCUT2D eigenvalue weighted by atomic mass is 9.91. The molecule has 0 unspecified atom stereocenters. The third kappa shape index (κ3) is 4.26. The van der Waals surface area contributed by atoms with Crippen LogP contribution < -0.4 is 0 Å². The number of ether oxygens (including phenoxy) is 1. The molecular formula is C22H22O4. The van der Waals surface area contributed by atoms with Crippen LogP contribution in [0.25, 0.3) is 0 Å². The molecule has 4 aliphatic rings. The minimum absolute atomic E-state index is 0.123. The molecule has 0 aliphatic heterocycles. The van der Waals surface area contributed by atoms with Crippen molar-refractivity contribution in [1.29, 1.82) is 0 Å². The summed E-state index contributed by atoms with van der Waals surface area (Å²) < 4.78 is 4.69. The van der Waals surface area contributed by atoms with E-state index in [4.69, 9.17) is 4.74 Å². The van der Waals surface area contributed by atoms with Gasteiger partial charge in [-0.05, 0) is 60.9 Å². The van der Waals surface area contributed by atoms with Crippen LogP contribution in [-0.2, 0) is 40.0 Å². The highest BCUT2D eigenvalue weighted by atomic mass is 16.5. The molecule has 4 nitrogen and oxygen atoms in total. The third-order valence-electron chi connectivity index (χ3n) is 4.71. The molecule has 4 bridgehead atoms. The molecule has 26 heavy (non-hydrogen) atoms. The maximum absolute atomic E-state index is 12.7. The van der Waals surface area contributed by atoms with E-state index in [1.807, 2.05) is 18.2 Å². The number of esters is 1. The predicted molar refractivity (Wildman–Crippen MR) is 98.3 cm³/mol.